The second-order valence-electron chi connectivity index (χ2n) is 3.57. The van der Waals surface area contributed by atoms with E-state index in [2.05, 4.69) is 4.28 Å². The molecule has 0 unspecified atom stereocenters. The highest BCUT2D eigenvalue weighted by Gasteiger charge is 2.42. The van der Waals surface area contributed by atoms with Gasteiger partial charge in [0.25, 0.3) is 0 Å². The maximum atomic E-state index is 11.5. The Balaban J connectivity index is 2.24. The number of hydrogen-bond acceptors (Lipinski definition) is 4. The molecule has 1 fully saturated rings. The van der Waals surface area contributed by atoms with Crippen LogP contribution in [0, 0.1) is 0 Å². The summed E-state index contributed by atoms with van der Waals surface area (Å²) >= 11 is 0. The molecule has 0 aromatic heterocycles. The van der Waals surface area contributed by atoms with E-state index in [0.29, 0.717) is 18.2 Å². The Kier molecular flexibility index (Phi) is 2.21. The lowest BCUT2D eigenvalue weighted by atomic mass is 10.1. The highest BCUT2D eigenvalue weighted by atomic mass is 32.3. The Bertz CT molecular complexity index is 429. The van der Waals surface area contributed by atoms with Gasteiger partial charge in [0, 0.05) is 13.1 Å². The van der Waals surface area contributed by atoms with Crippen LogP contribution in [0.5, 0.6) is 0 Å². The SMILES string of the molecule is CC1=C[C@H]2CN(C1)C(=O)N2OS(=O)(=O)O. The van der Waals surface area contributed by atoms with Crippen LogP contribution in [0.1, 0.15) is 6.92 Å². The summed E-state index contributed by atoms with van der Waals surface area (Å²) in [7, 11) is -4.65. The van der Waals surface area contributed by atoms with Gasteiger partial charge in [-0.3, -0.25) is 4.55 Å². The number of amides is 2. The van der Waals surface area contributed by atoms with Crippen LogP contribution in [-0.4, -0.2) is 48.1 Å². The fraction of sp³-hybridized carbons (Fsp3) is 0.571. The van der Waals surface area contributed by atoms with Crippen molar-refractivity contribution in [1.29, 1.82) is 0 Å². The third-order valence-electron chi connectivity index (χ3n) is 2.26. The van der Waals surface area contributed by atoms with Gasteiger partial charge in [0.2, 0.25) is 0 Å². The summed E-state index contributed by atoms with van der Waals surface area (Å²) in [4.78, 5) is 13.0. The van der Waals surface area contributed by atoms with Crippen molar-refractivity contribution in [2.24, 2.45) is 0 Å². The van der Waals surface area contributed by atoms with Crippen LogP contribution in [0.4, 0.5) is 4.79 Å². The molecule has 15 heavy (non-hydrogen) atoms. The van der Waals surface area contributed by atoms with Gasteiger partial charge in [-0.25, -0.2) is 4.79 Å². The quantitative estimate of drug-likeness (QED) is 0.527. The molecule has 2 amide bonds. The normalized spacial score (nSPS) is 25.9. The van der Waals surface area contributed by atoms with Crippen LogP contribution >= 0.6 is 0 Å². The second-order valence-corrected chi connectivity index (χ2v) is 4.58. The Hall–Kier alpha value is -1.12. The lowest BCUT2D eigenvalue weighted by Crippen LogP contribution is -2.35. The van der Waals surface area contributed by atoms with Crippen molar-refractivity contribution in [2.45, 2.75) is 13.0 Å². The van der Waals surface area contributed by atoms with E-state index in [1.54, 1.807) is 6.08 Å². The highest BCUT2D eigenvalue weighted by molar-refractivity contribution is 7.80. The average molecular weight is 234 g/mol. The van der Waals surface area contributed by atoms with Gasteiger partial charge in [-0.2, -0.15) is 13.5 Å². The van der Waals surface area contributed by atoms with Crippen LogP contribution in [-0.2, 0) is 14.7 Å². The Labute approximate surface area is 86.8 Å². The van der Waals surface area contributed by atoms with Crippen molar-refractivity contribution in [3.05, 3.63) is 11.6 Å². The summed E-state index contributed by atoms with van der Waals surface area (Å²) in [5.74, 6) is 0. The van der Waals surface area contributed by atoms with Gasteiger partial charge in [0.05, 0.1) is 6.04 Å². The van der Waals surface area contributed by atoms with Crippen molar-refractivity contribution in [1.82, 2.24) is 9.96 Å². The molecular formula is C7H10N2O5S. The molecule has 0 spiro atoms. The van der Waals surface area contributed by atoms with E-state index in [9.17, 15) is 13.2 Å². The first-order valence-electron chi connectivity index (χ1n) is 4.29. The first-order chi connectivity index (χ1) is 6.87. The fourth-order valence-electron chi connectivity index (χ4n) is 1.78. The zero-order valence-electron chi connectivity index (χ0n) is 7.95. The van der Waals surface area contributed by atoms with E-state index in [1.165, 1.54) is 4.90 Å². The van der Waals surface area contributed by atoms with Crippen molar-refractivity contribution < 1.29 is 22.0 Å². The van der Waals surface area contributed by atoms with Gasteiger partial charge in [0.1, 0.15) is 0 Å². The molecule has 1 atom stereocenters. The van der Waals surface area contributed by atoms with E-state index in [-0.39, 0.29) is 0 Å². The molecule has 0 radical (unpaired) electrons. The van der Waals surface area contributed by atoms with Gasteiger partial charge in [-0.05, 0) is 6.92 Å². The maximum absolute atomic E-state index is 11.5. The molecule has 0 aromatic carbocycles. The summed E-state index contributed by atoms with van der Waals surface area (Å²) in [5, 5.41) is 0.672. The average Bonchev–Trinajstić information content (AvgIpc) is 2.27. The molecule has 84 valence electrons. The van der Waals surface area contributed by atoms with Crippen LogP contribution < -0.4 is 0 Å². The van der Waals surface area contributed by atoms with E-state index in [1.807, 2.05) is 6.92 Å². The van der Waals surface area contributed by atoms with Crippen molar-refractivity contribution in [3.63, 3.8) is 0 Å². The van der Waals surface area contributed by atoms with Gasteiger partial charge < -0.3 is 4.90 Å². The number of hydroxylamine groups is 2. The lowest BCUT2D eigenvalue weighted by Gasteiger charge is -2.18. The van der Waals surface area contributed by atoms with Crippen molar-refractivity contribution in [3.8, 4) is 0 Å². The van der Waals surface area contributed by atoms with Crippen LogP contribution in [0.3, 0.4) is 0 Å². The maximum Gasteiger partial charge on any atom is 0.418 e. The first kappa shape index (κ1) is 10.4. The van der Waals surface area contributed by atoms with Gasteiger partial charge in [-0.1, -0.05) is 11.6 Å². The minimum atomic E-state index is -4.65. The number of urea groups is 1. The molecule has 2 aliphatic heterocycles. The van der Waals surface area contributed by atoms with Crippen LogP contribution in [0.25, 0.3) is 0 Å². The first-order valence-corrected chi connectivity index (χ1v) is 5.66. The standard InChI is InChI=1S/C7H10N2O5S/c1-5-2-6-4-8(3-5)7(10)9(6)14-15(11,12)13/h2,6H,3-4H2,1H3,(H,11,12,13)/t6-/m0/s1. The molecule has 2 aliphatic rings. The third-order valence-corrected chi connectivity index (χ3v) is 2.61. The Morgan fingerprint density at radius 3 is 2.87 bits per heavy atom. The summed E-state index contributed by atoms with van der Waals surface area (Å²) in [6, 6.07) is -1.00. The topological polar surface area (TPSA) is 87.2 Å². The predicted molar refractivity (Wildman–Crippen MR) is 49.0 cm³/mol. The largest absolute Gasteiger partial charge is 0.418 e. The zero-order chi connectivity index (χ0) is 11.2. The van der Waals surface area contributed by atoms with E-state index < -0.39 is 22.5 Å². The van der Waals surface area contributed by atoms with Crippen molar-refractivity contribution >= 4 is 16.4 Å². The molecule has 1 saturated heterocycles. The molecule has 1 N–H and O–H groups in total. The van der Waals surface area contributed by atoms with Gasteiger partial charge in [-0.15, -0.1) is 4.28 Å². The van der Waals surface area contributed by atoms with Gasteiger partial charge in [0.15, 0.2) is 0 Å². The fourth-order valence-corrected chi connectivity index (χ4v) is 2.16. The Morgan fingerprint density at radius 2 is 2.27 bits per heavy atom. The molecule has 7 nitrogen and oxygen atoms in total. The smallest absolute Gasteiger partial charge is 0.316 e. The van der Waals surface area contributed by atoms with Crippen LogP contribution in [0.15, 0.2) is 11.6 Å². The highest BCUT2D eigenvalue weighted by Crippen LogP contribution is 2.24. The van der Waals surface area contributed by atoms with E-state index in [0.717, 1.165) is 5.57 Å². The number of nitrogens with zero attached hydrogens (tertiary/aromatic N) is 2. The lowest BCUT2D eigenvalue weighted by molar-refractivity contribution is -0.0184. The molecule has 0 saturated carbocycles. The number of fused-ring (bicyclic) bond motifs is 2. The summed E-state index contributed by atoms with van der Waals surface area (Å²) in [5.41, 5.74) is 0.959. The molecule has 2 rings (SSSR count). The van der Waals surface area contributed by atoms with Gasteiger partial charge >= 0.3 is 16.4 Å². The minimum Gasteiger partial charge on any atom is -0.316 e. The van der Waals surface area contributed by atoms with E-state index >= 15 is 0 Å². The number of rotatable bonds is 2. The molecule has 2 heterocycles. The molecular weight excluding hydrogens is 224 g/mol. The molecule has 8 heteroatoms. The van der Waals surface area contributed by atoms with Crippen molar-refractivity contribution in [2.75, 3.05) is 13.1 Å². The number of carbonyl (C=O) groups excluding carboxylic acids is 1. The predicted octanol–water partition coefficient (Wildman–Crippen LogP) is -0.213. The second kappa shape index (κ2) is 3.19. The Morgan fingerprint density at radius 1 is 1.60 bits per heavy atom. The molecule has 0 aliphatic carbocycles. The minimum absolute atomic E-state index is 0.381. The molecule has 0 aromatic rings. The van der Waals surface area contributed by atoms with Crippen LogP contribution in [0.2, 0.25) is 0 Å². The summed E-state index contributed by atoms with van der Waals surface area (Å²) < 4.78 is 33.7. The number of carbonyl (C=O) groups is 1. The third kappa shape index (κ3) is 1.96. The zero-order valence-corrected chi connectivity index (χ0v) is 8.77. The summed E-state index contributed by atoms with van der Waals surface area (Å²) in [6.45, 7) is 2.68. The summed E-state index contributed by atoms with van der Waals surface area (Å²) in [6.07, 6.45) is 1.74. The molecule has 2 bridgehead atoms. The van der Waals surface area contributed by atoms with E-state index in [4.69, 9.17) is 4.55 Å². The number of hydrogen-bond donors (Lipinski definition) is 1. The monoisotopic (exact) mass is 234 g/mol.